The van der Waals surface area contributed by atoms with Crippen molar-refractivity contribution in [3.63, 3.8) is 0 Å². The Balaban J connectivity index is 1.81. The molecule has 0 aromatic heterocycles. The fourth-order valence-corrected chi connectivity index (χ4v) is 3.10. The Morgan fingerprint density at radius 2 is 1.84 bits per heavy atom. The van der Waals surface area contributed by atoms with Crippen molar-refractivity contribution >= 4 is 10.8 Å². The highest BCUT2D eigenvalue weighted by molar-refractivity contribution is 7.85. The largest absolute Gasteiger partial charge is 0.314 e. The molecule has 1 aromatic carbocycles. The van der Waals surface area contributed by atoms with E-state index in [1.165, 1.54) is 18.4 Å². The molecule has 0 heterocycles. The molecule has 0 saturated heterocycles. The molecule has 19 heavy (non-hydrogen) atoms. The van der Waals surface area contributed by atoms with Crippen LogP contribution in [0.1, 0.15) is 45.6 Å². The summed E-state index contributed by atoms with van der Waals surface area (Å²) in [6.07, 6.45) is 3.62. The van der Waals surface area contributed by atoms with Crippen LogP contribution < -0.4 is 5.32 Å². The van der Waals surface area contributed by atoms with Gasteiger partial charge in [-0.05, 0) is 48.9 Å². The molecule has 1 unspecified atom stereocenters. The molecule has 106 valence electrons. The quantitative estimate of drug-likeness (QED) is 0.810. The summed E-state index contributed by atoms with van der Waals surface area (Å²) < 4.78 is 12.1. The molecule has 1 aliphatic carbocycles. The van der Waals surface area contributed by atoms with Gasteiger partial charge in [0.15, 0.2) is 0 Å². The van der Waals surface area contributed by atoms with E-state index in [9.17, 15) is 4.21 Å². The number of hydrogen-bond donors (Lipinski definition) is 1. The van der Waals surface area contributed by atoms with E-state index >= 15 is 0 Å². The predicted octanol–water partition coefficient (Wildman–Crippen LogP) is 3.23. The van der Waals surface area contributed by atoms with Crippen LogP contribution in [0.15, 0.2) is 29.2 Å². The molecular weight excluding hydrogens is 254 g/mol. The summed E-state index contributed by atoms with van der Waals surface area (Å²) in [5, 5.41) is 3.46. The van der Waals surface area contributed by atoms with Gasteiger partial charge < -0.3 is 5.32 Å². The minimum Gasteiger partial charge on any atom is -0.314 e. The van der Waals surface area contributed by atoms with Crippen LogP contribution in [0.4, 0.5) is 0 Å². The van der Waals surface area contributed by atoms with Crippen molar-refractivity contribution in [2.45, 2.75) is 56.4 Å². The van der Waals surface area contributed by atoms with E-state index in [4.69, 9.17) is 0 Å². The number of hydrogen-bond acceptors (Lipinski definition) is 2. The van der Waals surface area contributed by atoms with E-state index < -0.39 is 10.8 Å². The molecule has 1 N–H and O–H groups in total. The minimum absolute atomic E-state index is 0.161. The molecular formula is C16H25NOS. The monoisotopic (exact) mass is 279 g/mol. The minimum atomic E-state index is -0.853. The SMILES string of the molecule is CC(C)(C)c1ccc(S(=O)CCCNC2CC2)cc1. The number of rotatable bonds is 6. The van der Waals surface area contributed by atoms with Crippen LogP contribution in [0.5, 0.6) is 0 Å². The molecule has 1 fully saturated rings. The Labute approximate surface area is 119 Å². The van der Waals surface area contributed by atoms with Crippen LogP contribution in [0.2, 0.25) is 0 Å². The van der Waals surface area contributed by atoms with E-state index in [2.05, 4.69) is 38.2 Å². The van der Waals surface area contributed by atoms with Crippen LogP contribution in [-0.2, 0) is 16.2 Å². The molecule has 1 atom stereocenters. The Hall–Kier alpha value is -0.670. The van der Waals surface area contributed by atoms with E-state index in [1.54, 1.807) is 0 Å². The van der Waals surface area contributed by atoms with Gasteiger partial charge in [-0.15, -0.1) is 0 Å². The first-order valence-electron chi connectivity index (χ1n) is 7.19. The first kappa shape index (κ1) is 14.7. The lowest BCUT2D eigenvalue weighted by Gasteiger charge is -2.19. The van der Waals surface area contributed by atoms with Gasteiger partial charge in [-0.3, -0.25) is 4.21 Å². The molecule has 0 radical (unpaired) electrons. The third kappa shape index (κ3) is 4.73. The lowest BCUT2D eigenvalue weighted by Crippen LogP contribution is -2.19. The van der Waals surface area contributed by atoms with Crippen molar-refractivity contribution in [2.24, 2.45) is 0 Å². The second-order valence-electron chi connectivity index (χ2n) is 6.41. The summed E-state index contributed by atoms with van der Waals surface area (Å²) in [6.45, 7) is 7.59. The van der Waals surface area contributed by atoms with E-state index in [0.717, 1.165) is 29.7 Å². The van der Waals surface area contributed by atoms with Gasteiger partial charge in [0.2, 0.25) is 0 Å². The van der Waals surface area contributed by atoms with Crippen LogP contribution >= 0.6 is 0 Å². The van der Waals surface area contributed by atoms with Gasteiger partial charge in [-0.2, -0.15) is 0 Å². The lowest BCUT2D eigenvalue weighted by molar-refractivity contribution is 0.589. The maximum absolute atomic E-state index is 12.1. The topological polar surface area (TPSA) is 29.1 Å². The normalized spacial score (nSPS) is 17.4. The first-order valence-corrected chi connectivity index (χ1v) is 8.51. The van der Waals surface area contributed by atoms with Crippen molar-refractivity contribution in [2.75, 3.05) is 12.3 Å². The van der Waals surface area contributed by atoms with Gasteiger partial charge >= 0.3 is 0 Å². The Kier molecular flexibility index (Phi) is 4.80. The predicted molar refractivity (Wildman–Crippen MR) is 82.1 cm³/mol. The maximum Gasteiger partial charge on any atom is 0.0529 e. The van der Waals surface area contributed by atoms with E-state index in [0.29, 0.717) is 0 Å². The highest BCUT2D eigenvalue weighted by Gasteiger charge is 2.19. The van der Waals surface area contributed by atoms with Gasteiger partial charge in [-0.25, -0.2) is 0 Å². The van der Waals surface area contributed by atoms with E-state index in [-0.39, 0.29) is 5.41 Å². The summed E-state index contributed by atoms with van der Waals surface area (Å²) in [7, 11) is -0.853. The van der Waals surface area contributed by atoms with Crippen LogP contribution in [0.25, 0.3) is 0 Å². The zero-order chi connectivity index (χ0) is 13.9. The number of benzene rings is 1. The lowest BCUT2D eigenvalue weighted by atomic mass is 9.87. The summed E-state index contributed by atoms with van der Waals surface area (Å²) in [6, 6.07) is 9.00. The summed E-state index contributed by atoms with van der Waals surface area (Å²) in [5.74, 6) is 0.759. The Morgan fingerprint density at radius 3 is 2.37 bits per heavy atom. The Bertz CT molecular complexity index is 429. The van der Waals surface area contributed by atoms with Crippen LogP contribution in [-0.4, -0.2) is 22.5 Å². The molecule has 0 spiro atoms. The van der Waals surface area contributed by atoms with Crippen molar-refractivity contribution in [3.05, 3.63) is 29.8 Å². The molecule has 0 bridgehead atoms. The van der Waals surface area contributed by atoms with Crippen LogP contribution in [0.3, 0.4) is 0 Å². The average Bonchev–Trinajstić information content (AvgIpc) is 3.17. The summed E-state index contributed by atoms with van der Waals surface area (Å²) in [4.78, 5) is 0.958. The van der Waals surface area contributed by atoms with Crippen molar-refractivity contribution in [1.29, 1.82) is 0 Å². The zero-order valence-electron chi connectivity index (χ0n) is 12.2. The Morgan fingerprint density at radius 1 is 1.21 bits per heavy atom. The molecule has 2 nitrogen and oxygen atoms in total. The zero-order valence-corrected chi connectivity index (χ0v) is 13.1. The fourth-order valence-electron chi connectivity index (χ4n) is 2.02. The molecule has 2 rings (SSSR count). The molecule has 3 heteroatoms. The summed E-state index contributed by atoms with van der Waals surface area (Å²) in [5.41, 5.74) is 1.46. The molecule has 1 aliphatic rings. The highest BCUT2D eigenvalue weighted by Crippen LogP contribution is 2.23. The molecule has 0 aliphatic heterocycles. The third-order valence-electron chi connectivity index (χ3n) is 3.50. The smallest absolute Gasteiger partial charge is 0.0529 e. The second kappa shape index (κ2) is 6.19. The highest BCUT2D eigenvalue weighted by atomic mass is 32.2. The van der Waals surface area contributed by atoms with Gasteiger partial charge in [0, 0.05) is 16.7 Å². The fraction of sp³-hybridized carbons (Fsp3) is 0.625. The number of nitrogens with one attached hydrogen (secondary N) is 1. The first-order chi connectivity index (χ1) is 8.97. The van der Waals surface area contributed by atoms with Crippen molar-refractivity contribution in [3.8, 4) is 0 Å². The average molecular weight is 279 g/mol. The molecule has 1 aromatic rings. The molecule has 1 saturated carbocycles. The van der Waals surface area contributed by atoms with Crippen molar-refractivity contribution < 1.29 is 4.21 Å². The third-order valence-corrected chi connectivity index (χ3v) is 4.96. The summed E-state index contributed by atoms with van der Waals surface area (Å²) >= 11 is 0. The standard InChI is InChI=1S/C16H25NOS/c1-16(2,3)13-5-9-15(10-6-13)19(18)12-4-11-17-14-7-8-14/h5-6,9-10,14,17H,4,7-8,11-12H2,1-3H3. The van der Waals surface area contributed by atoms with Crippen molar-refractivity contribution in [1.82, 2.24) is 5.32 Å². The van der Waals surface area contributed by atoms with Gasteiger partial charge in [0.1, 0.15) is 0 Å². The molecule has 0 amide bonds. The second-order valence-corrected chi connectivity index (χ2v) is 7.98. The maximum atomic E-state index is 12.1. The van der Waals surface area contributed by atoms with Crippen LogP contribution in [0, 0.1) is 0 Å². The van der Waals surface area contributed by atoms with E-state index in [1.807, 2.05) is 12.1 Å². The van der Waals surface area contributed by atoms with Gasteiger partial charge in [0.05, 0.1) is 10.8 Å². The van der Waals surface area contributed by atoms with Gasteiger partial charge in [-0.1, -0.05) is 32.9 Å². The van der Waals surface area contributed by atoms with Gasteiger partial charge in [0.25, 0.3) is 0 Å².